The third-order valence-corrected chi connectivity index (χ3v) is 3.55. The molecule has 4 heteroatoms. The van der Waals surface area contributed by atoms with Gasteiger partial charge in [-0.05, 0) is 50.3 Å². The average molecular weight is 276 g/mol. The lowest BCUT2D eigenvalue weighted by Crippen LogP contribution is -2.24. The Labute approximate surface area is 119 Å². The summed E-state index contributed by atoms with van der Waals surface area (Å²) in [4.78, 5) is 24.2. The molecule has 1 aromatic carbocycles. The second-order valence-corrected chi connectivity index (χ2v) is 4.80. The summed E-state index contributed by atoms with van der Waals surface area (Å²) < 4.78 is 10.2. The summed E-state index contributed by atoms with van der Waals surface area (Å²) in [5.41, 5.74) is 2.36. The molecule has 4 nitrogen and oxygen atoms in total. The van der Waals surface area contributed by atoms with E-state index in [4.69, 9.17) is 9.47 Å². The summed E-state index contributed by atoms with van der Waals surface area (Å²) in [5.74, 6) is -0.954. The maximum absolute atomic E-state index is 12.1. The maximum Gasteiger partial charge on any atom is 0.338 e. The van der Waals surface area contributed by atoms with E-state index in [-0.39, 0.29) is 17.9 Å². The lowest BCUT2D eigenvalue weighted by atomic mass is 9.80. The van der Waals surface area contributed by atoms with Gasteiger partial charge in [-0.3, -0.25) is 4.79 Å². The van der Waals surface area contributed by atoms with Gasteiger partial charge in [0.25, 0.3) is 0 Å². The van der Waals surface area contributed by atoms with Crippen LogP contribution in [0.25, 0.3) is 0 Å². The van der Waals surface area contributed by atoms with Crippen LogP contribution < -0.4 is 0 Å². The molecule has 108 valence electrons. The molecule has 1 aliphatic rings. The number of carbonyl (C=O) groups is 2. The number of carbonyl (C=O) groups excluding carboxylic acids is 2. The minimum absolute atomic E-state index is 0.245. The third-order valence-electron chi connectivity index (χ3n) is 3.55. The highest BCUT2D eigenvalue weighted by Crippen LogP contribution is 2.35. The molecule has 0 radical (unpaired) electrons. The molecule has 0 N–H and O–H groups in total. The predicted molar refractivity (Wildman–Crippen MR) is 74.7 cm³/mol. The van der Waals surface area contributed by atoms with Crippen LogP contribution in [0.4, 0.5) is 0 Å². The maximum atomic E-state index is 12.1. The molecule has 1 unspecified atom stereocenters. The minimum atomic E-state index is -0.361. The fourth-order valence-electron chi connectivity index (χ4n) is 2.75. The standard InChI is InChI=1S/C16H20O4/c1-3-19-15(17)12-9-5-7-11-8-6-10-13(14(11)12)16(18)20-4-2/h5,7,9,13H,3-4,6,8,10H2,1-2H3. The summed E-state index contributed by atoms with van der Waals surface area (Å²) in [5, 5.41) is 0. The molecule has 1 aliphatic carbocycles. The monoisotopic (exact) mass is 276 g/mol. The van der Waals surface area contributed by atoms with Crippen LogP contribution in [0, 0.1) is 0 Å². The largest absolute Gasteiger partial charge is 0.466 e. The van der Waals surface area contributed by atoms with Crippen molar-refractivity contribution >= 4 is 11.9 Å². The molecule has 0 aromatic heterocycles. The zero-order valence-corrected chi connectivity index (χ0v) is 12.0. The van der Waals surface area contributed by atoms with Crippen molar-refractivity contribution in [1.29, 1.82) is 0 Å². The molecule has 0 saturated heterocycles. The van der Waals surface area contributed by atoms with Crippen LogP contribution in [0.2, 0.25) is 0 Å². The molecule has 0 amide bonds. The highest BCUT2D eigenvalue weighted by molar-refractivity contribution is 5.94. The van der Waals surface area contributed by atoms with Crippen molar-refractivity contribution in [3.05, 3.63) is 34.9 Å². The number of hydrogen-bond donors (Lipinski definition) is 0. The van der Waals surface area contributed by atoms with Gasteiger partial charge < -0.3 is 9.47 Å². The molecule has 20 heavy (non-hydrogen) atoms. The normalized spacial score (nSPS) is 17.2. The number of ether oxygens (including phenoxy) is 2. The lowest BCUT2D eigenvalue weighted by molar-refractivity contribution is -0.145. The van der Waals surface area contributed by atoms with Crippen LogP contribution in [0.5, 0.6) is 0 Å². The summed E-state index contributed by atoms with van der Waals surface area (Å²) in [6.07, 6.45) is 2.55. The SMILES string of the molecule is CCOC(=O)c1cccc2c1C(C(=O)OCC)CCC2. The lowest BCUT2D eigenvalue weighted by Gasteiger charge is -2.25. The topological polar surface area (TPSA) is 52.6 Å². The van der Waals surface area contributed by atoms with E-state index in [0.717, 1.165) is 30.4 Å². The quantitative estimate of drug-likeness (QED) is 0.793. The van der Waals surface area contributed by atoms with Crippen LogP contribution in [0.15, 0.2) is 18.2 Å². The van der Waals surface area contributed by atoms with Gasteiger partial charge in [-0.1, -0.05) is 12.1 Å². The van der Waals surface area contributed by atoms with E-state index >= 15 is 0 Å². The van der Waals surface area contributed by atoms with Crippen LogP contribution >= 0.6 is 0 Å². The summed E-state index contributed by atoms with van der Waals surface area (Å²) in [7, 11) is 0. The fraction of sp³-hybridized carbons (Fsp3) is 0.500. The van der Waals surface area contributed by atoms with Gasteiger partial charge in [0, 0.05) is 0 Å². The predicted octanol–water partition coefficient (Wildman–Crippen LogP) is 2.85. The zero-order chi connectivity index (χ0) is 14.5. The van der Waals surface area contributed by atoms with Gasteiger partial charge in [-0.15, -0.1) is 0 Å². The Morgan fingerprint density at radius 3 is 2.65 bits per heavy atom. The number of rotatable bonds is 4. The van der Waals surface area contributed by atoms with Crippen LogP contribution in [-0.4, -0.2) is 25.2 Å². The molecule has 1 aromatic rings. The zero-order valence-electron chi connectivity index (χ0n) is 12.0. The van der Waals surface area contributed by atoms with E-state index in [1.165, 1.54) is 0 Å². The van der Waals surface area contributed by atoms with Gasteiger partial charge in [-0.25, -0.2) is 4.79 Å². The molecule has 0 spiro atoms. The molecule has 0 aliphatic heterocycles. The Hall–Kier alpha value is -1.84. The van der Waals surface area contributed by atoms with E-state index < -0.39 is 0 Å². The van der Waals surface area contributed by atoms with E-state index in [2.05, 4.69) is 0 Å². The second-order valence-electron chi connectivity index (χ2n) is 4.80. The first-order valence-electron chi connectivity index (χ1n) is 7.14. The minimum Gasteiger partial charge on any atom is -0.466 e. The molecule has 1 atom stereocenters. The van der Waals surface area contributed by atoms with E-state index in [1.807, 2.05) is 12.1 Å². The van der Waals surface area contributed by atoms with Crippen LogP contribution in [0.3, 0.4) is 0 Å². The number of aryl methyl sites for hydroxylation is 1. The molecule has 0 bridgehead atoms. The Bertz CT molecular complexity index is 507. The smallest absolute Gasteiger partial charge is 0.338 e. The summed E-state index contributed by atoms with van der Waals surface area (Å²) in [6, 6.07) is 5.55. The van der Waals surface area contributed by atoms with Crippen molar-refractivity contribution < 1.29 is 19.1 Å². The number of hydrogen-bond acceptors (Lipinski definition) is 4. The average Bonchev–Trinajstić information content (AvgIpc) is 2.46. The van der Waals surface area contributed by atoms with Crippen molar-refractivity contribution in [2.45, 2.75) is 39.0 Å². The van der Waals surface area contributed by atoms with E-state index in [1.54, 1.807) is 19.9 Å². The summed E-state index contributed by atoms with van der Waals surface area (Å²) in [6.45, 7) is 4.24. The Balaban J connectivity index is 2.42. The Morgan fingerprint density at radius 2 is 1.95 bits per heavy atom. The van der Waals surface area contributed by atoms with Crippen molar-refractivity contribution in [3.8, 4) is 0 Å². The van der Waals surface area contributed by atoms with Gasteiger partial charge in [0.05, 0.1) is 24.7 Å². The van der Waals surface area contributed by atoms with Gasteiger partial charge in [0.2, 0.25) is 0 Å². The van der Waals surface area contributed by atoms with Crippen molar-refractivity contribution in [2.75, 3.05) is 13.2 Å². The molecular formula is C16H20O4. The van der Waals surface area contributed by atoms with Crippen molar-refractivity contribution in [2.24, 2.45) is 0 Å². The number of esters is 2. The summed E-state index contributed by atoms with van der Waals surface area (Å²) >= 11 is 0. The van der Waals surface area contributed by atoms with Gasteiger partial charge in [0.1, 0.15) is 0 Å². The first kappa shape index (κ1) is 14.6. The molecule has 0 saturated carbocycles. The van der Waals surface area contributed by atoms with Crippen LogP contribution in [0.1, 0.15) is 54.1 Å². The van der Waals surface area contributed by atoms with Crippen LogP contribution in [-0.2, 0) is 20.7 Å². The first-order valence-corrected chi connectivity index (χ1v) is 7.14. The Morgan fingerprint density at radius 1 is 1.20 bits per heavy atom. The van der Waals surface area contributed by atoms with E-state index in [9.17, 15) is 9.59 Å². The number of fused-ring (bicyclic) bond motifs is 1. The Kier molecular flexibility index (Phi) is 4.77. The molecule has 0 fully saturated rings. The highest BCUT2D eigenvalue weighted by Gasteiger charge is 2.31. The fourth-order valence-corrected chi connectivity index (χ4v) is 2.75. The van der Waals surface area contributed by atoms with E-state index in [0.29, 0.717) is 18.8 Å². The first-order chi connectivity index (χ1) is 9.69. The molecular weight excluding hydrogens is 256 g/mol. The van der Waals surface area contributed by atoms with Gasteiger partial charge in [0.15, 0.2) is 0 Å². The van der Waals surface area contributed by atoms with Crippen molar-refractivity contribution in [1.82, 2.24) is 0 Å². The van der Waals surface area contributed by atoms with Crippen molar-refractivity contribution in [3.63, 3.8) is 0 Å². The molecule has 2 rings (SSSR count). The third kappa shape index (κ3) is 2.84. The van der Waals surface area contributed by atoms with Gasteiger partial charge in [-0.2, -0.15) is 0 Å². The second kappa shape index (κ2) is 6.55. The molecule has 0 heterocycles. The highest BCUT2D eigenvalue weighted by atomic mass is 16.5. The van der Waals surface area contributed by atoms with Gasteiger partial charge >= 0.3 is 11.9 Å². The number of benzene rings is 1.